The van der Waals surface area contributed by atoms with Gasteiger partial charge in [0.15, 0.2) is 0 Å². The van der Waals surface area contributed by atoms with Gasteiger partial charge in [-0.05, 0) is 93.9 Å². The molecule has 0 saturated heterocycles. The second-order valence-corrected chi connectivity index (χ2v) is 13.5. The Morgan fingerprint density at radius 2 is 1.39 bits per heavy atom. The van der Waals surface area contributed by atoms with E-state index in [-0.39, 0.29) is 16.2 Å². The number of hydrogen-bond donors (Lipinski definition) is 0. The molecule has 0 spiro atoms. The summed E-state index contributed by atoms with van der Waals surface area (Å²) in [5.41, 5.74) is 12.1. The Kier molecular flexibility index (Phi) is 4.36. The number of benzene rings is 5. The summed E-state index contributed by atoms with van der Waals surface area (Å²) in [6, 6.07) is 21.2. The molecule has 0 unspecified atom stereocenters. The van der Waals surface area contributed by atoms with Gasteiger partial charge in [0.05, 0.1) is 0 Å². The van der Waals surface area contributed by atoms with Gasteiger partial charge in [-0.15, -0.1) is 0 Å². The first-order chi connectivity index (χ1) is 17.9. The van der Waals surface area contributed by atoms with E-state index in [1.807, 2.05) is 0 Å². The van der Waals surface area contributed by atoms with Crippen LogP contribution in [0.25, 0.3) is 49.0 Å². The van der Waals surface area contributed by atoms with Crippen LogP contribution in [0.3, 0.4) is 0 Å². The van der Waals surface area contributed by atoms with Gasteiger partial charge >= 0.3 is 0 Å². The van der Waals surface area contributed by atoms with E-state index < -0.39 is 0 Å². The van der Waals surface area contributed by atoms with Crippen LogP contribution >= 0.6 is 0 Å². The van der Waals surface area contributed by atoms with Crippen molar-refractivity contribution in [2.75, 3.05) is 0 Å². The van der Waals surface area contributed by atoms with E-state index in [4.69, 9.17) is 0 Å². The normalized spacial score (nSPS) is 17.3. The fourth-order valence-electron chi connectivity index (χ4n) is 7.76. The van der Waals surface area contributed by atoms with Crippen molar-refractivity contribution in [2.45, 2.75) is 64.7 Å². The number of allylic oxidation sites excluding steroid dienone is 4. The minimum absolute atomic E-state index is 0.0812. The van der Waals surface area contributed by atoms with Crippen molar-refractivity contribution in [2.24, 2.45) is 0 Å². The van der Waals surface area contributed by atoms with Gasteiger partial charge in [0.1, 0.15) is 0 Å². The highest BCUT2D eigenvalue weighted by molar-refractivity contribution is 6.30. The molecule has 0 aromatic heterocycles. The Hall–Kier alpha value is -3.64. The van der Waals surface area contributed by atoms with E-state index in [0.29, 0.717) is 0 Å². The van der Waals surface area contributed by atoms with Gasteiger partial charge < -0.3 is 0 Å². The quantitative estimate of drug-likeness (QED) is 0.215. The van der Waals surface area contributed by atoms with E-state index in [9.17, 15) is 0 Å². The molecule has 7 rings (SSSR count). The SMILES string of the molecule is C=CC1=C(C=C)C(C)(C)c2c1c1ccc3cc(C(C)(C)C)cc4cc5c(c2-c2ccccc2C5(C)C)c1c34. The molecule has 0 amide bonds. The maximum absolute atomic E-state index is 4.30. The van der Waals surface area contributed by atoms with Crippen LogP contribution in [0.15, 0.2) is 85.5 Å². The average Bonchev–Trinajstić information content (AvgIpc) is 3.11. The molecule has 2 aliphatic rings. The maximum Gasteiger partial charge on any atom is 0.0165 e. The van der Waals surface area contributed by atoms with Crippen LogP contribution in [-0.4, -0.2) is 0 Å². The lowest BCUT2D eigenvalue weighted by Gasteiger charge is -2.39. The highest BCUT2D eigenvalue weighted by Crippen LogP contribution is 2.60. The Labute approximate surface area is 226 Å². The third kappa shape index (κ3) is 2.61. The van der Waals surface area contributed by atoms with E-state index in [1.54, 1.807) is 0 Å². The standard InChI is InChI=1S/C38H36/c1-10-24-27(11-2)38(8,9)35-31(24)26-17-16-21-18-23(36(3,4)5)19-22-20-29-34(32(26)30(21)22)33(35)25-14-12-13-15-28(25)37(29,6)7/h10-20H,1-2H2,3-9H3. The summed E-state index contributed by atoms with van der Waals surface area (Å²) in [4.78, 5) is 0. The maximum atomic E-state index is 4.30. The van der Waals surface area contributed by atoms with E-state index in [2.05, 4.69) is 128 Å². The van der Waals surface area contributed by atoms with Crippen LogP contribution in [0.4, 0.5) is 0 Å². The van der Waals surface area contributed by atoms with Crippen molar-refractivity contribution in [1.82, 2.24) is 0 Å². The van der Waals surface area contributed by atoms with Crippen LogP contribution in [0, 0.1) is 0 Å². The predicted molar refractivity (Wildman–Crippen MR) is 167 cm³/mol. The average molecular weight is 493 g/mol. The largest absolute Gasteiger partial charge is 0.0987 e. The molecule has 0 saturated carbocycles. The van der Waals surface area contributed by atoms with E-state index >= 15 is 0 Å². The number of rotatable bonds is 2. The molecule has 0 atom stereocenters. The van der Waals surface area contributed by atoms with Crippen LogP contribution in [-0.2, 0) is 16.2 Å². The molecule has 0 N–H and O–H groups in total. The van der Waals surface area contributed by atoms with Crippen molar-refractivity contribution >= 4 is 37.9 Å². The Morgan fingerprint density at radius 3 is 2.08 bits per heavy atom. The number of hydrogen-bond acceptors (Lipinski definition) is 0. The van der Waals surface area contributed by atoms with Crippen LogP contribution < -0.4 is 0 Å². The molecule has 188 valence electrons. The van der Waals surface area contributed by atoms with Gasteiger partial charge in [-0.25, -0.2) is 0 Å². The van der Waals surface area contributed by atoms with E-state index in [0.717, 1.165) is 0 Å². The highest BCUT2D eigenvalue weighted by Gasteiger charge is 2.44. The van der Waals surface area contributed by atoms with Crippen molar-refractivity contribution < 1.29 is 0 Å². The molecular weight excluding hydrogens is 456 g/mol. The molecule has 0 heterocycles. The first-order valence-corrected chi connectivity index (χ1v) is 13.9. The summed E-state index contributed by atoms with van der Waals surface area (Å²) in [6.07, 6.45) is 4.12. The third-order valence-electron chi connectivity index (χ3n) is 9.66. The van der Waals surface area contributed by atoms with Gasteiger partial charge in [0.2, 0.25) is 0 Å². The monoisotopic (exact) mass is 492 g/mol. The minimum atomic E-state index is -0.175. The zero-order valence-corrected chi connectivity index (χ0v) is 23.8. The van der Waals surface area contributed by atoms with Gasteiger partial charge in [-0.3, -0.25) is 0 Å². The Bertz CT molecular complexity index is 1910. The summed E-state index contributed by atoms with van der Waals surface area (Å²) in [7, 11) is 0. The van der Waals surface area contributed by atoms with Crippen molar-refractivity contribution in [3.05, 3.63) is 113 Å². The molecular formula is C38H36. The van der Waals surface area contributed by atoms with Crippen molar-refractivity contribution in [1.29, 1.82) is 0 Å². The lowest BCUT2D eigenvalue weighted by Crippen LogP contribution is -2.26. The number of fused-ring (bicyclic) bond motifs is 5. The fraction of sp³-hybridized carbons (Fsp3) is 0.263. The van der Waals surface area contributed by atoms with Crippen molar-refractivity contribution in [3.63, 3.8) is 0 Å². The molecule has 5 aromatic rings. The molecule has 0 radical (unpaired) electrons. The second kappa shape index (κ2) is 7.06. The van der Waals surface area contributed by atoms with Crippen LogP contribution in [0.1, 0.15) is 76.3 Å². The molecule has 2 aliphatic carbocycles. The van der Waals surface area contributed by atoms with E-state index in [1.165, 1.54) is 82.4 Å². The fourth-order valence-corrected chi connectivity index (χ4v) is 7.76. The lowest BCUT2D eigenvalue weighted by atomic mass is 9.64. The molecule has 0 heteroatoms. The zero-order valence-electron chi connectivity index (χ0n) is 23.8. The molecule has 0 nitrogen and oxygen atoms in total. The van der Waals surface area contributed by atoms with Crippen LogP contribution in [0.2, 0.25) is 0 Å². The molecule has 0 aliphatic heterocycles. The summed E-state index contributed by atoms with van der Waals surface area (Å²) in [6.45, 7) is 25.1. The van der Waals surface area contributed by atoms with Gasteiger partial charge in [-0.2, -0.15) is 0 Å². The summed E-state index contributed by atoms with van der Waals surface area (Å²) in [5.74, 6) is 0. The minimum Gasteiger partial charge on any atom is -0.0987 e. The van der Waals surface area contributed by atoms with Gasteiger partial charge in [0, 0.05) is 10.8 Å². The predicted octanol–water partition coefficient (Wildman–Crippen LogP) is 10.6. The lowest BCUT2D eigenvalue weighted by molar-refractivity contribution is 0.591. The van der Waals surface area contributed by atoms with Gasteiger partial charge in [-0.1, -0.05) is 122 Å². The molecule has 0 fully saturated rings. The van der Waals surface area contributed by atoms with Gasteiger partial charge in [0.25, 0.3) is 0 Å². The summed E-state index contributed by atoms with van der Waals surface area (Å²) in [5, 5.41) is 8.26. The molecule has 5 aromatic carbocycles. The smallest absolute Gasteiger partial charge is 0.0165 e. The van der Waals surface area contributed by atoms with Crippen LogP contribution in [0.5, 0.6) is 0 Å². The molecule has 38 heavy (non-hydrogen) atoms. The Morgan fingerprint density at radius 1 is 0.684 bits per heavy atom. The second-order valence-electron chi connectivity index (χ2n) is 13.5. The third-order valence-corrected chi connectivity index (χ3v) is 9.66. The summed E-state index contributed by atoms with van der Waals surface area (Å²) >= 11 is 0. The highest BCUT2D eigenvalue weighted by atomic mass is 14.5. The first kappa shape index (κ1) is 23.5. The summed E-state index contributed by atoms with van der Waals surface area (Å²) < 4.78 is 0. The van der Waals surface area contributed by atoms with Crippen molar-refractivity contribution in [3.8, 4) is 11.1 Å². The zero-order chi connectivity index (χ0) is 26.9. The topological polar surface area (TPSA) is 0 Å². The Balaban J connectivity index is 1.84. The first-order valence-electron chi connectivity index (χ1n) is 13.9. The molecule has 0 bridgehead atoms.